The van der Waals surface area contributed by atoms with Crippen LogP contribution in [-0.4, -0.2) is 10.8 Å². The molecule has 2 heterocycles. The molecule has 6 heteroatoms. The molecule has 2 aromatic carbocycles. The molecule has 3 aromatic rings. The zero-order chi connectivity index (χ0) is 20.4. The third-order valence-corrected chi connectivity index (χ3v) is 5.07. The number of fused-ring (bicyclic) bond motifs is 1. The molecule has 144 valence electrons. The second-order valence-electron chi connectivity index (χ2n) is 6.80. The van der Waals surface area contributed by atoms with Crippen molar-refractivity contribution in [3.05, 3.63) is 87.7 Å². The lowest BCUT2D eigenvalue weighted by molar-refractivity contribution is 0.0842. The SMILES string of the molecule is Cc1c(OCc2ccc(C#N)cc2)ccc2c1OC(c1ccc(Cl)cn1)CC2=O. The minimum absolute atomic E-state index is 0.00902. The summed E-state index contributed by atoms with van der Waals surface area (Å²) < 4.78 is 12.1. The highest BCUT2D eigenvalue weighted by Crippen LogP contribution is 2.40. The van der Waals surface area contributed by atoms with E-state index in [0.717, 1.165) is 11.1 Å². The van der Waals surface area contributed by atoms with Crippen LogP contribution in [0.1, 0.15) is 45.3 Å². The van der Waals surface area contributed by atoms with Gasteiger partial charge in [0.1, 0.15) is 24.2 Å². The molecule has 0 N–H and O–H groups in total. The lowest BCUT2D eigenvalue weighted by atomic mass is 9.96. The summed E-state index contributed by atoms with van der Waals surface area (Å²) in [5.74, 6) is 1.18. The quantitative estimate of drug-likeness (QED) is 0.597. The number of carbonyl (C=O) groups excluding carboxylic acids is 1. The van der Waals surface area contributed by atoms with Gasteiger partial charge in [-0.1, -0.05) is 23.7 Å². The summed E-state index contributed by atoms with van der Waals surface area (Å²) in [7, 11) is 0. The number of hydrogen-bond donors (Lipinski definition) is 0. The van der Waals surface area contributed by atoms with E-state index in [2.05, 4.69) is 11.1 Å². The number of pyridine rings is 1. The van der Waals surface area contributed by atoms with Gasteiger partial charge in [-0.05, 0) is 48.9 Å². The van der Waals surface area contributed by atoms with Crippen molar-refractivity contribution in [2.24, 2.45) is 0 Å². The van der Waals surface area contributed by atoms with Gasteiger partial charge in [-0.3, -0.25) is 9.78 Å². The number of benzene rings is 2. The number of aromatic nitrogens is 1. The maximum atomic E-state index is 12.6. The van der Waals surface area contributed by atoms with E-state index >= 15 is 0 Å². The number of halogens is 1. The van der Waals surface area contributed by atoms with Crippen molar-refractivity contribution in [2.75, 3.05) is 0 Å². The number of Topliss-reactive ketones (excluding diaryl/α,β-unsaturated/α-hetero) is 1. The number of carbonyl (C=O) groups is 1. The van der Waals surface area contributed by atoms with Crippen molar-refractivity contribution in [1.29, 1.82) is 5.26 Å². The summed E-state index contributed by atoms with van der Waals surface area (Å²) in [6.45, 7) is 2.22. The van der Waals surface area contributed by atoms with Crippen LogP contribution in [-0.2, 0) is 6.61 Å². The van der Waals surface area contributed by atoms with Crippen molar-refractivity contribution in [3.63, 3.8) is 0 Å². The van der Waals surface area contributed by atoms with E-state index in [9.17, 15) is 4.79 Å². The first kappa shape index (κ1) is 19.0. The molecule has 0 bridgehead atoms. The van der Waals surface area contributed by atoms with Crippen LogP contribution in [0.4, 0.5) is 0 Å². The predicted octanol–water partition coefficient (Wildman–Crippen LogP) is 5.20. The van der Waals surface area contributed by atoms with Gasteiger partial charge in [0.25, 0.3) is 0 Å². The fourth-order valence-corrected chi connectivity index (χ4v) is 3.35. The van der Waals surface area contributed by atoms with Gasteiger partial charge >= 0.3 is 0 Å². The number of nitriles is 1. The minimum atomic E-state index is -0.459. The highest BCUT2D eigenvalue weighted by atomic mass is 35.5. The maximum absolute atomic E-state index is 12.6. The van der Waals surface area contributed by atoms with Crippen molar-refractivity contribution >= 4 is 17.4 Å². The monoisotopic (exact) mass is 404 g/mol. The number of hydrogen-bond acceptors (Lipinski definition) is 5. The molecule has 0 saturated carbocycles. The fraction of sp³-hybridized carbons (Fsp3) is 0.174. The summed E-state index contributed by atoms with van der Waals surface area (Å²) in [5, 5.41) is 9.42. The maximum Gasteiger partial charge on any atom is 0.170 e. The van der Waals surface area contributed by atoms with Gasteiger partial charge in [-0.2, -0.15) is 5.26 Å². The molecule has 29 heavy (non-hydrogen) atoms. The Labute approximate surface area is 173 Å². The zero-order valence-corrected chi connectivity index (χ0v) is 16.4. The molecule has 1 unspecified atom stereocenters. The molecule has 0 amide bonds. The molecule has 0 aliphatic carbocycles. The molecular formula is C23H17ClN2O3. The van der Waals surface area contributed by atoms with Gasteiger partial charge < -0.3 is 9.47 Å². The molecule has 1 aliphatic heterocycles. The highest BCUT2D eigenvalue weighted by molar-refractivity contribution is 6.30. The van der Waals surface area contributed by atoms with E-state index in [1.165, 1.54) is 0 Å². The van der Waals surface area contributed by atoms with E-state index in [1.807, 2.05) is 19.1 Å². The van der Waals surface area contributed by atoms with Crippen LogP contribution in [0.2, 0.25) is 5.02 Å². The predicted molar refractivity (Wildman–Crippen MR) is 108 cm³/mol. The van der Waals surface area contributed by atoms with E-state index in [4.69, 9.17) is 26.3 Å². The van der Waals surface area contributed by atoms with E-state index in [0.29, 0.717) is 39.9 Å². The van der Waals surface area contributed by atoms with Gasteiger partial charge in [-0.25, -0.2) is 0 Å². The molecule has 1 aromatic heterocycles. The first-order valence-corrected chi connectivity index (χ1v) is 9.49. The largest absolute Gasteiger partial charge is 0.488 e. The van der Waals surface area contributed by atoms with Crippen LogP contribution in [0, 0.1) is 18.3 Å². The number of rotatable bonds is 4. The van der Waals surface area contributed by atoms with Crippen LogP contribution < -0.4 is 9.47 Å². The normalized spacial score (nSPS) is 15.2. The lowest BCUT2D eigenvalue weighted by Crippen LogP contribution is -2.22. The Balaban J connectivity index is 1.56. The summed E-state index contributed by atoms with van der Waals surface area (Å²) >= 11 is 5.91. The Hall–Kier alpha value is -3.36. The molecule has 1 aliphatic rings. The third kappa shape index (κ3) is 3.94. The van der Waals surface area contributed by atoms with Crippen molar-refractivity contribution < 1.29 is 14.3 Å². The van der Waals surface area contributed by atoms with Crippen LogP contribution in [0.15, 0.2) is 54.7 Å². The van der Waals surface area contributed by atoms with E-state index < -0.39 is 6.10 Å². The highest BCUT2D eigenvalue weighted by Gasteiger charge is 2.30. The van der Waals surface area contributed by atoms with Gasteiger partial charge in [0.15, 0.2) is 5.78 Å². The molecule has 1 atom stereocenters. The molecule has 5 nitrogen and oxygen atoms in total. The number of nitrogens with zero attached hydrogens (tertiary/aromatic N) is 2. The van der Waals surface area contributed by atoms with Crippen LogP contribution in [0.25, 0.3) is 0 Å². The smallest absolute Gasteiger partial charge is 0.170 e. The summed E-state index contributed by atoms with van der Waals surface area (Å²) in [5.41, 5.74) is 3.53. The first-order valence-electron chi connectivity index (χ1n) is 9.12. The average Bonchev–Trinajstić information content (AvgIpc) is 2.74. The van der Waals surface area contributed by atoms with Crippen molar-refractivity contribution in [3.8, 4) is 17.6 Å². The number of ether oxygens (including phenoxy) is 2. The second-order valence-corrected chi connectivity index (χ2v) is 7.23. The van der Waals surface area contributed by atoms with Crippen LogP contribution in [0.3, 0.4) is 0 Å². The molecule has 4 rings (SSSR count). The molecule has 0 fully saturated rings. The van der Waals surface area contributed by atoms with E-state index in [-0.39, 0.29) is 12.2 Å². The number of ketones is 1. The summed E-state index contributed by atoms with van der Waals surface area (Å²) in [6, 6.07) is 16.3. The van der Waals surface area contributed by atoms with Gasteiger partial charge in [0.05, 0.1) is 34.3 Å². The topological polar surface area (TPSA) is 72.2 Å². The van der Waals surface area contributed by atoms with Crippen molar-refractivity contribution in [2.45, 2.75) is 26.1 Å². The summed E-state index contributed by atoms with van der Waals surface area (Å²) in [6.07, 6.45) is 1.32. The molecule has 0 radical (unpaired) electrons. The fourth-order valence-electron chi connectivity index (χ4n) is 3.24. The van der Waals surface area contributed by atoms with Gasteiger partial charge in [0, 0.05) is 11.8 Å². The standard InChI is InChI=1S/C23H17ClN2O3/c1-14-21(28-13-16-4-2-15(11-25)3-5-16)9-7-18-20(27)10-22(29-23(14)18)19-8-6-17(24)12-26-19/h2-9,12,22H,10,13H2,1H3. The third-order valence-electron chi connectivity index (χ3n) is 4.85. The first-order chi connectivity index (χ1) is 14.0. The Kier molecular flexibility index (Phi) is 5.20. The Morgan fingerprint density at radius 3 is 2.69 bits per heavy atom. The minimum Gasteiger partial charge on any atom is -0.488 e. The Morgan fingerprint density at radius 1 is 1.21 bits per heavy atom. The van der Waals surface area contributed by atoms with Crippen molar-refractivity contribution in [1.82, 2.24) is 4.98 Å². The molecule has 0 saturated heterocycles. The van der Waals surface area contributed by atoms with Crippen LogP contribution >= 0.6 is 11.6 Å². The zero-order valence-electron chi connectivity index (χ0n) is 15.7. The van der Waals surface area contributed by atoms with Gasteiger partial charge in [-0.15, -0.1) is 0 Å². The summed E-state index contributed by atoms with van der Waals surface area (Å²) in [4.78, 5) is 16.9. The average molecular weight is 405 g/mol. The van der Waals surface area contributed by atoms with Crippen LogP contribution in [0.5, 0.6) is 11.5 Å². The molecule has 0 spiro atoms. The second kappa shape index (κ2) is 7.94. The Bertz CT molecular complexity index is 1100. The lowest BCUT2D eigenvalue weighted by Gasteiger charge is -2.27. The Morgan fingerprint density at radius 2 is 2.00 bits per heavy atom. The van der Waals surface area contributed by atoms with E-state index in [1.54, 1.807) is 42.6 Å². The molecular weight excluding hydrogens is 388 g/mol. The van der Waals surface area contributed by atoms with Gasteiger partial charge in [0.2, 0.25) is 0 Å².